The third-order valence-electron chi connectivity index (χ3n) is 4.66. The Hall–Kier alpha value is -3.33. The number of halogens is 3. The van der Waals surface area contributed by atoms with Crippen molar-refractivity contribution in [1.29, 1.82) is 5.26 Å². The van der Waals surface area contributed by atoms with Crippen molar-refractivity contribution < 1.29 is 19.2 Å². The highest BCUT2D eigenvalue weighted by molar-refractivity contribution is 14.1. The standard InChI is InChI=1S/C24H16Cl2IN3O5/c1-34-21-11-15(9-16(12-28)24(31)29-20-4-2-3-18(25)22(20)26)10-19(27)23(21)35-13-14-5-7-17(8-6-14)30(32)33/h2-11H,13H2,1H3,(H,29,31)/b16-9-. The van der Waals surface area contributed by atoms with Crippen molar-refractivity contribution in [3.8, 4) is 17.6 Å². The van der Waals surface area contributed by atoms with Crippen LogP contribution in [0.1, 0.15) is 11.1 Å². The van der Waals surface area contributed by atoms with Gasteiger partial charge in [0.25, 0.3) is 11.6 Å². The molecule has 0 unspecified atom stereocenters. The molecule has 8 nitrogen and oxygen atoms in total. The van der Waals surface area contributed by atoms with Crippen molar-refractivity contribution in [3.05, 3.63) is 95.0 Å². The van der Waals surface area contributed by atoms with Gasteiger partial charge in [0.15, 0.2) is 11.5 Å². The number of nitrogens with one attached hydrogen (secondary N) is 1. The van der Waals surface area contributed by atoms with E-state index < -0.39 is 10.8 Å². The van der Waals surface area contributed by atoms with Gasteiger partial charge in [-0.05, 0) is 76.2 Å². The lowest BCUT2D eigenvalue weighted by Gasteiger charge is -2.14. The summed E-state index contributed by atoms with van der Waals surface area (Å²) in [4.78, 5) is 23.0. The number of nitro benzene ring substituents is 1. The van der Waals surface area contributed by atoms with E-state index in [-0.39, 0.29) is 33.6 Å². The normalized spacial score (nSPS) is 10.9. The largest absolute Gasteiger partial charge is 0.493 e. The number of methoxy groups -OCH3 is 1. The number of rotatable bonds is 8. The number of anilines is 1. The summed E-state index contributed by atoms with van der Waals surface area (Å²) in [7, 11) is 1.47. The molecule has 3 aromatic carbocycles. The van der Waals surface area contributed by atoms with Crippen LogP contribution in [-0.2, 0) is 11.4 Å². The highest BCUT2D eigenvalue weighted by Gasteiger charge is 2.16. The first kappa shape index (κ1) is 26.3. The molecule has 0 saturated carbocycles. The second-order valence-corrected chi connectivity index (χ2v) is 8.92. The van der Waals surface area contributed by atoms with Crippen molar-refractivity contribution >= 4 is 69.2 Å². The Balaban J connectivity index is 1.81. The second kappa shape index (κ2) is 11.9. The molecule has 11 heteroatoms. The molecule has 0 spiro atoms. The van der Waals surface area contributed by atoms with Crippen LogP contribution in [0, 0.1) is 25.0 Å². The smallest absolute Gasteiger partial charge is 0.269 e. The number of carbonyl (C=O) groups excluding carboxylic acids is 1. The quantitative estimate of drug-likeness (QED) is 0.0989. The summed E-state index contributed by atoms with van der Waals surface area (Å²) in [5.74, 6) is 0.196. The third kappa shape index (κ3) is 6.63. The fourth-order valence-electron chi connectivity index (χ4n) is 2.94. The van der Waals surface area contributed by atoms with Crippen molar-refractivity contribution in [3.63, 3.8) is 0 Å². The molecular weight excluding hydrogens is 608 g/mol. The van der Waals surface area contributed by atoms with E-state index in [0.717, 1.165) is 5.56 Å². The zero-order chi connectivity index (χ0) is 25.5. The molecule has 1 amide bonds. The number of nitriles is 1. The number of nitrogens with zero attached hydrogens (tertiary/aromatic N) is 2. The zero-order valence-corrected chi connectivity index (χ0v) is 21.7. The van der Waals surface area contributed by atoms with E-state index >= 15 is 0 Å². The Morgan fingerprint density at radius 3 is 2.57 bits per heavy atom. The highest BCUT2D eigenvalue weighted by Crippen LogP contribution is 2.35. The molecule has 0 aliphatic rings. The first-order chi connectivity index (χ1) is 16.7. The van der Waals surface area contributed by atoms with E-state index in [0.29, 0.717) is 20.6 Å². The predicted molar refractivity (Wildman–Crippen MR) is 142 cm³/mol. The number of non-ortho nitro benzene ring substituents is 1. The Morgan fingerprint density at radius 2 is 1.94 bits per heavy atom. The monoisotopic (exact) mass is 623 g/mol. The molecule has 0 fully saturated rings. The van der Waals surface area contributed by atoms with Gasteiger partial charge in [0.2, 0.25) is 0 Å². The lowest BCUT2D eigenvalue weighted by molar-refractivity contribution is -0.384. The van der Waals surface area contributed by atoms with Crippen LogP contribution >= 0.6 is 45.8 Å². The summed E-state index contributed by atoms with van der Waals surface area (Å²) in [6.45, 7) is 0.159. The first-order valence-electron chi connectivity index (χ1n) is 9.84. The Morgan fingerprint density at radius 1 is 1.23 bits per heavy atom. The lowest BCUT2D eigenvalue weighted by atomic mass is 10.1. The van der Waals surface area contributed by atoms with Crippen LogP contribution < -0.4 is 14.8 Å². The summed E-state index contributed by atoms with van der Waals surface area (Å²) in [5.41, 5.74) is 1.40. The molecule has 0 atom stereocenters. The van der Waals surface area contributed by atoms with Crippen molar-refractivity contribution in [2.45, 2.75) is 6.61 Å². The number of amides is 1. The molecule has 178 valence electrons. The first-order valence-corrected chi connectivity index (χ1v) is 11.7. The fraction of sp³-hybridized carbons (Fsp3) is 0.0833. The van der Waals surface area contributed by atoms with Crippen LogP contribution in [0.3, 0.4) is 0 Å². The van der Waals surface area contributed by atoms with Gasteiger partial charge in [-0.25, -0.2) is 0 Å². The lowest BCUT2D eigenvalue weighted by Crippen LogP contribution is -2.13. The Kier molecular flexibility index (Phi) is 8.92. The van der Waals surface area contributed by atoms with E-state index in [1.807, 2.05) is 6.07 Å². The summed E-state index contributed by atoms with van der Waals surface area (Å²) in [6, 6.07) is 16.1. The molecular formula is C24H16Cl2IN3O5. The zero-order valence-electron chi connectivity index (χ0n) is 18.1. The number of carbonyl (C=O) groups is 1. The van der Waals surface area contributed by atoms with Crippen LogP contribution in [0.5, 0.6) is 11.5 Å². The maximum atomic E-state index is 12.6. The number of nitro groups is 1. The van der Waals surface area contributed by atoms with Crippen LogP contribution in [0.25, 0.3) is 6.08 Å². The molecule has 3 rings (SSSR count). The molecule has 0 bridgehead atoms. The molecule has 0 aliphatic carbocycles. The summed E-state index contributed by atoms with van der Waals surface area (Å²) in [6.07, 6.45) is 1.42. The van der Waals surface area contributed by atoms with Gasteiger partial charge in [0.05, 0.1) is 31.3 Å². The summed E-state index contributed by atoms with van der Waals surface area (Å²) in [5, 5.41) is 23.4. The molecule has 0 heterocycles. The number of hydrogen-bond acceptors (Lipinski definition) is 6. The van der Waals surface area contributed by atoms with Crippen molar-refractivity contribution in [2.24, 2.45) is 0 Å². The van der Waals surface area contributed by atoms with Gasteiger partial charge >= 0.3 is 0 Å². The molecule has 35 heavy (non-hydrogen) atoms. The van der Waals surface area contributed by atoms with E-state index in [4.69, 9.17) is 32.7 Å². The Labute approximate surface area is 224 Å². The van der Waals surface area contributed by atoms with Gasteiger partial charge in [0, 0.05) is 12.1 Å². The molecule has 3 aromatic rings. The van der Waals surface area contributed by atoms with Gasteiger partial charge < -0.3 is 14.8 Å². The van der Waals surface area contributed by atoms with Crippen molar-refractivity contribution in [2.75, 3.05) is 12.4 Å². The number of hydrogen-bond donors (Lipinski definition) is 1. The average molecular weight is 624 g/mol. The number of ether oxygens (including phenoxy) is 2. The van der Waals surface area contributed by atoms with Gasteiger partial charge in [-0.1, -0.05) is 29.3 Å². The molecule has 0 saturated heterocycles. The molecule has 0 radical (unpaired) electrons. The SMILES string of the molecule is COc1cc(/C=C(/C#N)C(=O)Nc2cccc(Cl)c2Cl)cc(I)c1OCc1ccc([N+](=O)[O-])cc1. The van der Waals surface area contributed by atoms with Crippen LogP contribution in [-0.4, -0.2) is 17.9 Å². The topological polar surface area (TPSA) is 114 Å². The summed E-state index contributed by atoms with van der Waals surface area (Å²) < 4.78 is 12.0. The van der Waals surface area contributed by atoms with Gasteiger partial charge in [-0.15, -0.1) is 0 Å². The predicted octanol–water partition coefficient (Wildman–Crippen LogP) is 6.64. The van der Waals surface area contributed by atoms with E-state index in [9.17, 15) is 20.2 Å². The third-order valence-corrected chi connectivity index (χ3v) is 6.28. The number of benzene rings is 3. The molecule has 1 N–H and O–H groups in total. The average Bonchev–Trinajstić information content (AvgIpc) is 2.84. The maximum Gasteiger partial charge on any atom is 0.269 e. The fourth-order valence-corrected chi connectivity index (χ4v) is 4.07. The van der Waals surface area contributed by atoms with Gasteiger partial charge in [0.1, 0.15) is 18.2 Å². The van der Waals surface area contributed by atoms with Crippen LogP contribution in [0.4, 0.5) is 11.4 Å². The Bertz CT molecular complexity index is 1350. The molecule has 0 aromatic heterocycles. The minimum Gasteiger partial charge on any atom is -0.493 e. The minimum atomic E-state index is -0.649. The van der Waals surface area contributed by atoms with Crippen LogP contribution in [0.2, 0.25) is 10.0 Å². The molecule has 0 aliphatic heterocycles. The second-order valence-electron chi connectivity index (χ2n) is 6.97. The van der Waals surface area contributed by atoms with Crippen LogP contribution in [0.15, 0.2) is 60.2 Å². The minimum absolute atomic E-state index is 0.00739. The van der Waals surface area contributed by atoms with E-state index in [2.05, 4.69) is 27.9 Å². The van der Waals surface area contributed by atoms with Crippen molar-refractivity contribution in [1.82, 2.24) is 0 Å². The maximum absolute atomic E-state index is 12.6. The van der Waals surface area contributed by atoms with E-state index in [1.54, 1.807) is 42.5 Å². The van der Waals surface area contributed by atoms with E-state index in [1.165, 1.54) is 25.3 Å². The summed E-state index contributed by atoms with van der Waals surface area (Å²) >= 11 is 14.1. The van der Waals surface area contributed by atoms with Gasteiger partial charge in [-0.3, -0.25) is 14.9 Å². The van der Waals surface area contributed by atoms with Gasteiger partial charge in [-0.2, -0.15) is 5.26 Å². The highest BCUT2D eigenvalue weighted by atomic mass is 127.